The summed E-state index contributed by atoms with van der Waals surface area (Å²) in [6.07, 6.45) is 7.38. The van der Waals surface area contributed by atoms with Gasteiger partial charge in [-0.15, -0.1) is 11.3 Å². The molecule has 5 rings (SSSR count). The van der Waals surface area contributed by atoms with Gasteiger partial charge < -0.3 is 31.4 Å². The smallest absolute Gasteiger partial charge is 0.314 e. The largest absolute Gasteiger partial charge is 0.396 e. The molecule has 38 heavy (non-hydrogen) atoms. The third-order valence-electron chi connectivity index (χ3n) is 7.07. The highest BCUT2D eigenvalue weighted by Crippen LogP contribution is 2.37. The number of nitrogen functional groups attached to an aromatic ring is 1. The van der Waals surface area contributed by atoms with Crippen molar-refractivity contribution in [3.8, 4) is 0 Å². The van der Waals surface area contributed by atoms with Crippen LogP contribution >= 0.6 is 11.3 Å². The SMILES string of the molecule is CC1CCCN(C(=O)C(=O)Nc2cncc(C=N)c2N)C1.CN1CCC(O)(c2nc3ccccc3s2)CC1. The van der Waals surface area contributed by atoms with Crippen molar-refractivity contribution in [2.24, 2.45) is 5.92 Å². The lowest BCUT2D eigenvalue weighted by Crippen LogP contribution is -2.44. The maximum Gasteiger partial charge on any atom is 0.314 e. The first-order valence-electron chi connectivity index (χ1n) is 12.8. The number of anilines is 2. The number of benzene rings is 1. The maximum atomic E-state index is 12.1. The highest BCUT2D eigenvalue weighted by Gasteiger charge is 2.35. The molecule has 2 aliphatic heterocycles. The highest BCUT2D eigenvalue weighted by atomic mass is 32.1. The molecular weight excluding hydrogens is 502 g/mol. The number of nitrogens with zero attached hydrogens (tertiary/aromatic N) is 4. The summed E-state index contributed by atoms with van der Waals surface area (Å²) in [7, 11) is 2.10. The molecular formula is C27H35N7O3S. The predicted molar refractivity (Wildman–Crippen MR) is 150 cm³/mol. The minimum Gasteiger partial charge on any atom is -0.396 e. The fraction of sp³-hybridized carbons (Fsp3) is 0.444. The van der Waals surface area contributed by atoms with Gasteiger partial charge in [-0.3, -0.25) is 14.6 Å². The summed E-state index contributed by atoms with van der Waals surface area (Å²) in [5, 5.41) is 21.2. The van der Waals surface area contributed by atoms with Gasteiger partial charge in [-0.05, 0) is 50.8 Å². The molecule has 0 aliphatic carbocycles. The van der Waals surface area contributed by atoms with Crippen LogP contribution in [0, 0.1) is 11.3 Å². The quantitative estimate of drug-likeness (QED) is 0.296. The highest BCUT2D eigenvalue weighted by molar-refractivity contribution is 7.18. The average molecular weight is 538 g/mol. The van der Waals surface area contributed by atoms with E-state index < -0.39 is 17.4 Å². The molecule has 1 unspecified atom stereocenters. The molecule has 2 aliphatic rings. The summed E-state index contributed by atoms with van der Waals surface area (Å²) in [6, 6.07) is 8.08. The number of hydrogen-bond donors (Lipinski definition) is 4. The van der Waals surface area contributed by atoms with E-state index in [1.807, 2.05) is 18.2 Å². The van der Waals surface area contributed by atoms with Crippen LogP contribution in [0.4, 0.5) is 11.4 Å². The Labute approximate surface area is 226 Å². The monoisotopic (exact) mass is 537 g/mol. The van der Waals surface area contributed by atoms with E-state index in [0.29, 0.717) is 24.6 Å². The van der Waals surface area contributed by atoms with E-state index in [9.17, 15) is 14.7 Å². The van der Waals surface area contributed by atoms with Gasteiger partial charge in [0.2, 0.25) is 0 Å². The van der Waals surface area contributed by atoms with Crippen LogP contribution in [0.2, 0.25) is 0 Å². The lowest BCUT2D eigenvalue weighted by molar-refractivity contribution is -0.144. The number of nitrogens with one attached hydrogen (secondary N) is 2. The minimum atomic E-state index is -0.722. The number of piperidine rings is 2. The molecule has 0 bridgehead atoms. The van der Waals surface area contributed by atoms with Gasteiger partial charge in [0.15, 0.2) is 0 Å². The van der Waals surface area contributed by atoms with E-state index in [1.54, 1.807) is 16.2 Å². The first-order chi connectivity index (χ1) is 18.2. The zero-order chi connectivity index (χ0) is 27.3. The van der Waals surface area contributed by atoms with Gasteiger partial charge in [0.1, 0.15) is 10.6 Å². The summed E-state index contributed by atoms with van der Waals surface area (Å²) in [4.78, 5) is 36.4. The van der Waals surface area contributed by atoms with Gasteiger partial charge in [-0.1, -0.05) is 19.1 Å². The number of carbonyl (C=O) groups is 2. The molecule has 2 fully saturated rings. The number of aromatic nitrogens is 2. The molecule has 0 spiro atoms. The van der Waals surface area contributed by atoms with Gasteiger partial charge in [0.05, 0.1) is 27.8 Å². The molecule has 11 heteroatoms. The number of thiazole rings is 1. The average Bonchev–Trinajstić information content (AvgIpc) is 3.37. The summed E-state index contributed by atoms with van der Waals surface area (Å²) in [5.74, 6) is -0.871. The number of pyridine rings is 1. The second kappa shape index (κ2) is 12.0. The molecule has 4 heterocycles. The number of likely N-dealkylation sites (tertiary alicyclic amines) is 2. The normalized spacial score (nSPS) is 19.3. The van der Waals surface area contributed by atoms with Gasteiger partial charge >= 0.3 is 11.8 Å². The molecule has 1 atom stereocenters. The Morgan fingerprint density at radius 1 is 1.24 bits per heavy atom. The summed E-state index contributed by atoms with van der Waals surface area (Å²) < 4.78 is 1.16. The first kappa shape index (κ1) is 27.6. The van der Waals surface area contributed by atoms with Crippen molar-refractivity contribution < 1.29 is 14.7 Å². The van der Waals surface area contributed by atoms with Crippen molar-refractivity contribution in [3.05, 3.63) is 47.2 Å². The Hall–Kier alpha value is -3.41. The van der Waals surface area contributed by atoms with Crippen molar-refractivity contribution in [2.45, 2.75) is 38.2 Å². The molecule has 2 saturated heterocycles. The second-order valence-electron chi connectivity index (χ2n) is 10.1. The number of aliphatic hydroxyl groups is 1. The molecule has 2 amide bonds. The Balaban J connectivity index is 0.000000180. The Kier molecular flexibility index (Phi) is 8.70. The van der Waals surface area contributed by atoms with Gasteiger partial charge in [0.25, 0.3) is 0 Å². The topological polar surface area (TPSA) is 149 Å². The standard InChI is InChI=1S/C14H19N5O2.C13H16N2OS/c1-9-3-2-4-19(8-9)14(21)13(20)18-11-7-17-6-10(5-15)12(11)16;1-15-8-6-13(16,7-9-15)12-14-10-4-2-3-5-11(10)17-12/h5-7,9,15H,2-4,8H2,1H3,(H2,16,17)(H,18,20);2-5,16H,6-9H2,1H3. The Morgan fingerprint density at radius 2 is 1.97 bits per heavy atom. The molecule has 0 saturated carbocycles. The Morgan fingerprint density at radius 3 is 2.66 bits per heavy atom. The lowest BCUT2D eigenvalue weighted by atomic mass is 9.92. The zero-order valence-corrected chi connectivity index (χ0v) is 22.6. The fourth-order valence-electron chi connectivity index (χ4n) is 4.67. The molecule has 10 nitrogen and oxygen atoms in total. The van der Waals surface area contributed by atoms with Crippen molar-refractivity contribution in [2.75, 3.05) is 44.3 Å². The van der Waals surface area contributed by atoms with E-state index in [1.165, 1.54) is 12.4 Å². The minimum absolute atomic E-state index is 0.230. The number of para-hydroxylation sites is 1. The number of carbonyl (C=O) groups excluding carboxylic acids is 2. The molecule has 3 aromatic rings. The van der Waals surface area contributed by atoms with Crippen LogP contribution in [0.3, 0.4) is 0 Å². The van der Waals surface area contributed by atoms with Crippen molar-refractivity contribution in [1.29, 1.82) is 5.41 Å². The van der Waals surface area contributed by atoms with E-state index in [-0.39, 0.29) is 11.4 Å². The number of hydrogen-bond acceptors (Lipinski definition) is 9. The van der Waals surface area contributed by atoms with E-state index >= 15 is 0 Å². The van der Waals surface area contributed by atoms with Crippen molar-refractivity contribution in [3.63, 3.8) is 0 Å². The van der Waals surface area contributed by atoms with Crippen LogP contribution in [-0.4, -0.2) is 76.1 Å². The van der Waals surface area contributed by atoms with Crippen LogP contribution in [0.15, 0.2) is 36.7 Å². The van der Waals surface area contributed by atoms with Crippen LogP contribution in [0.5, 0.6) is 0 Å². The number of nitrogens with two attached hydrogens (primary N) is 1. The van der Waals surface area contributed by atoms with E-state index in [4.69, 9.17) is 11.1 Å². The third-order valence-corrected chi connectivity index (χ3v) is 8.30. The van der Waals surface area contributed by atoms with Gasteiger partial charge in [0, 0.05) is 44.2 Å². The summed E-state index contributed by atoms with van der Waals surface area (Å²) in [5.41, 5.74) is 6.97. The van der Waals surface area contributed by atoms with Gasteiger partial charge in [-0.25, -0.2) is 4.98 Å². The van der Waals surface area contributed by atoms with E-state index in [2.05, 4.69) is 40.2 Å². The van der Waals surface area contributed by atoms with Crippen LogP contribution < -0.4 is 11.1 Å². The number of amides is 2. The Bertz CT molecular complexity index is 1270. The van der Waals surface area contributed by atoms with Gasteiger partial charge in [-0.2, -0.15) is 0 Å². The third kappa shape index (κ3) is 6.35. The zero-order valence-electron chi connectivity index (χ0n) is 21.8. The number of rotatable bonds is 3. The molecule has 2 aromatic heterocycles. The predicted octanol–water partition coefficient (Wildman–Crippen LogP) is 3.07. The summed E-state index contributed by atoms with van der Waals surface area (Å²) >= 11 is 1.62. The first-order valence-corrected chi connectivity index (χ1v) is 13.6. The second-order valence-corrected chi connectivity index (χ2v) is 11.1. The molecule has 1 aromatic carbocycles. The maximum absolute atomic E-state index is 12.1. The van der Waals surface area contributed by atoms with Crippen LogP contribution in [0.25, 0.3) is 10.2 Å². The van der Waals surface area contributed by atoms with E-state index in [0.717, 1.165) is 60.2 Å². The lowest BCUT2D eigenvalue weighted by Gasteiger charge is -2.34. The fourth-order valence-corrected chi connectivity index (χ4v) is 5.78. The van der Waals surface area contributed by atoms with Crippen LogP contribution in [0.1, 0.15) is 43.2 Å². The van der Waals surface area contributed by atoms with Crippen LogP contribution in [-0.2, 0) is 15.2 Å². The molecule has 0 radical (unpaired) electrons. The summed E-state index contributed by atoms with van der Waals surface area (Å²) in [6.45, 7) is 5.14. The van der Waals surface area contributed by atoms with Crippen molar-refractivity contribution >= 4 is 51.0 Å². The molecule has 202 valence electrons. The molecule has 5 N–H and O–H groups in total. The number of fused-ring (bicyclic) bond motifs is 1. The van der Waals surface area contributed by atoms with Crippen molar-refractivity contribution in [1.82, 2.24) is 19.8 Å².